The molecule has 0 radical (unpaired) electrons. The molecule has 0 atom stereocenters. The molecule has 2 aromatic carbocycles. The maximum absolute atomic E-state index is 12.4. The third-order valence-corrected chi connectivity index (χ3v) is 2.65. The summed E-state index contributed by atoms with van der Waals surface area (Å²) in [5.74, 6) is -0.573. The van der Waals surface area contributed by atoms with Crippen LogP contribution < -0.4 is 5.43 Å². The summed E-state index contributed by atoms with van der Waals surface area (Å²) in [4.78, 5) is 11.7. The molecular weight excluding hydrogens is 281 g/mol. The summed E-state index contributed by atoms with van der Waals surface area (Å²) in [7, 11) is 0. The molecular formula is C15H11F3N2O. The van der Waals surface area contributed by atoms with Crippen LogP contribution in [0.2, 0.25) is 0 Å². The highest BCUT2D eigenvalue weighted by Crippen LogP contribution is 2.28. The van der Waals surface area contributed by atoms with Gasteiger partial charge in [-0.25, -0.2) is 5.43 Å². The lowest BCUT2D eigenvalue weighted by Crippen LogP contribution is -2.17. The summed E-state index contributed by atoms with van der Waals surface area (Å²) >= 11 is 0. The number of alkyl halides is 3. The standard InChI is InChI=1S/C15H11F3N2O/c16-15(17,18)13-8-6-12(7-9-13)14(21)20-19-10-11-4-2-1-3-5-11/h1-10H,(H,20,21)/b19-10-. The topological polar surface area (TPSA) is 41.5 Å². The van der Waals surface area contributed by atoms with Gasteiger partial charge in [0, 0.05) is 5.56 Å². The predicted octanol–water partition coefficient (Wildman–Crippen LogP) is 3.47. The zero-order valence-electron chi connectivity index (χ0n) is 10.8. The van der Waals surface area contributed by atoms with Crippen molar-refractivity contribution in [3.05, 3.63) is 71.3 Å². The highest BCUT2D eigenvalue weighted by atomic mass is 19.4. The van der Waals surface area contributed by atoms with E-state index in [1.54, 1.807) is 12.1 Å². The van der Waals surface area contributed by atoms with Crippen molar-refractivity contribution in [1.82, 2.24) is 5.43 Å². The first kappa shape index (κ1) is 14.8. The van der Waals surface area contributed by atoms with Gasteiger partial charge in [-0.2, -0.15) is 18.3 Å². The average molecular weight is 292 g/mol. The second-order valence-electron chi connectivity index (χ2n) is 4.18. The van der Waals surface area contributed by atoms with Crippen LogP contribution in [0.15, 0.2) is 59.7 Å². The number of carbonyl (C=O) groups excluding carboxylic acids is 1. The Labute approximate surface area is 119 Å². The number of hydrogen-bond donors (Lipinski definition) is 1. The van der Waals surface area contributed by atoms with Crippen molar-refractivity contribution in [2.75, 3.05) is 0 Å². The third kappa shape index (κ3) is 4.17. The van der Waals surface area contributed by atoms with Gasteiger partial charge < -0.3 is 0 Å². The molecule has 0 spiro atoms. The normalized spacial score (nSPS) is 11.6. The molecule has 2 aromatic rings. The number of halogens is 3. The van der Waals surface area contributed by atoms with E-state index in [4.69, 9.17) is 0 Å². The lowest BCUT2D eigenvalue weighted by Gasteiger charge is -2.06. The summed E-state index contributed by atoms with van der Waals surface area (Å²) in [6.07, 6.45) is -2.97. The number of hydrazone groups is 1. The first-order valence-corrected chi connectivity index (χ1v) is 6.02. The Bertz CT molecular complexity index is 634. The minimum atomic E-state index is -4.42. The molecule has 0 aliphatic rings. The molecule has 0 aliphatic carbocycles. The minimum absolute atomic E-state index is 0.105. The first-order chi connectivity index (χ1) is 9.97. The summed E-state index contributed by atoms with van der Waals surface area (Å²) in [6, 6.07) is 13.0. The fourth-order valence-corrected chi connectivity index (χ4v) is 1.58. The molecule has 0 aliphatic heterocycles. The van der Waals surface area contributed by atoms with E-state index in [0.717, 1.165) is 29.8 Å². The SMILES string of the molecule is O=C(N/N=C\c1ccccc1)c1ccc(C(F)(F)F)cc1. The maximum atomic E-state index is 12.4. The molecule has 0 aromatic heterocycles. The fraction of sp³-hybridized carbons (Fsp3) is 0.0667. The van der Waals surface area contributed by atoms with Crippen LogP contribution in [0.1, 0.15) is 21.5 Å². The van der Waals surface area contributed by atoms with Crippen molar-refractivity contribution in [3.8, 4) is 0 Å². The fourth-order valence-electron chi connectivity index (χ4n) is 1.58. The number of rotatable bonds is 3. The van der Waals surface area contributed by atoms with Gasteiger partial charge >= 0.3 is 6.18 Å². The van der Waals surface area contributed by atoms with Crippen LogP contribution in [-0.4, -0.2) is 12.1 Å². The number of benzene rings is 2. The summed E-state index contributed by atoms with van der Waals surface area (Å²) in [6.45, 7) is 0. The number of nitrogens with zero attached hydrogens (tertiary/aromatic N) is 1. The Balaban J connectivity index is 1.99. The van der Waals surface area contributed by atoms with Crippen molar-refractivity contribution < 1.29 is 18.0 Å². The van der Waals surface area contributed by atoms with Gasteiger partial charge in [0.15, 0.2) is 0 Å². The van der Waals surface area contributed by atoms with Crippen molar-refractivity contribution in [2.24, 2.45) is 5.10 Å². The van der Waals surface area contributed by atoms with Crippen molar-refractivity contribution >= 4 is 12.1 Å². The Hall–Kier alpha value is -2.63. The smallest absolute Gasteiger partial charge is 0.267 e. The van der Waals surface area contributed by atoms with Crippen LogP contribution >= 0.6 is 0 Å². The lowest BCUT2D eigenvalue weighted by atomic mass is 10.1. The Morgan fingerprint density at radius 2 is 1.62 bits per heavy atom. The molecule has 1 N–H and O–H groups in total. The van der Waals surface area contributed by atoms with E-state index in [-0.39, 0.29) is 5.56 Å². The number of carbonyl (C=O) groups is 1. The molecule has 108 valence electrons. The summed E-state index contributed by atoms with van der Waals surface area (Å²) < 4.78 is 37.2. The van der Waals surface area contributed by atoms with Gasteiger partial charge in [0.1, 0.15) is 0 Å². The van der Waals surface area contributed by atoms with E-state index >= 15 is 0 Å². The van der Waals surface area contributed by atoms with Crippen LogP contribution in [0.5, 0.6) is 0 Å². The van der Waals surface area contributed by atoms with Gasteiger partial charge in [-0.3, -0.25) is 4.79 Å². The van der Waals surface area contributed by atoms with E-state index in [2.05, 4.69) is 10.5 Å². The minimum Gasteiger partial charge on any atom is -0.267 e. The van der Waals surface area contributed by atoms with E-state index in [9.17, 15) is 18.0 Å². The zero-order valence-corrected chi connectivity index (χ0v) is 10.8. The van der Waals surface area contributed by atoms with Crippen LogP contribution in [0.3, 0.4) is 0 Å². The summed E-state index contributed by atoms with van der Waals surface area (Å²) in [5, 5.41) is 3.74. The van der Waals surface area contributed by atoms with E-state index in [1.165, 1.54) is 6.21 Å². The first-order valence-electron chi connectivity index (χ1n) is 6.02. The second kappa shape index (κ2) is 6.21. The molecule has 2 rings (SSSR count). The highest BCUT2D eigenvalue weighted by molar-refractivity contribution is 5.94. The quantitative estimate of drug-likeness (QED) is 0.683. The van der Waals surface area contributed by atoms with Crippen molar-refractivity contribution in [1.29, 1.82) is 0 Å². The van der Waals surface area contributed by atoms with Crippen molar-refractivity contribution in [3.63, 3.8) is 0 Å². The molecule has 1 amide bonds. The van der Waals surface area contributed by atoms with Gasteiger partial charge in [-0.15, -0.1) is 0 Å². The van der Waals surface area contributed by atoms with Gasteiger partial charge in [0.2, 0.25) is 0 Å². The number of hydrogen-bond acceptors (Lipinski definition) is 2. The van der Waals surface area contributed by atoms with E-state index in [1.807, 2.05) is 18.2 Å². The highest BCUT2D eigenvalue weighted by Gasteiger charge is 2.30. The Kier molecular flexibility index (Phi) is 4.37. The molecule has 0 unspecified atom stereocenters. The van der Waals surface area contributed by atoms with E-state index < -0.39 is 17.6 Å². The molecule has 0 fully saturated rings. The van der Waals surface area contributed by atoms with E-state index in [0.29, 0.717) is 0 Å². The van der Waals surface area contributed by atoms with Crippen LogP contribution in [-0.2, 0) is 6.18 Å². The van der Waals surface area contributed by atoms with Crippen LogP contribution in [0, 0.1) is 0 Å². The predicted molar refractivity (Wildman–Crippen MR) is 72.9 cm³/mol. The summed E-state index contributed by atoms with van der Waals surface area (Å²) in [5.41, 5.74) is 2.36. The largest absolute Gasteiger partial charge is 0.416 e. The van der Waals surface area contributed by atoms with Crippen molar-refractivity contribution in [2.45, 2.75) is 6.18 Å². The average Bonchev–Trinajstić information content (AvgIpc) is 2.47. The number of amides is 1. The third-order valence-electron chi connectivity index (χ3n) is 2.65. The van der Waals surface area contributed by atoms with Crippen LogP contribution in [0.25, 0.3) is 0 Å². The molecule has 0 saturated heterocycles. The molecule has 21 heavy (non-hydrogen) atoms. The molecule has 6 heteroatoms. The molecule has 3 nitrogen and oxygen atoms in total. The number of nitrogens with one attached hydrogen (secondary N) is 1. The van der Waals surface area contributed by atoms with Gasteiger partial charge in [0.05, 0.1) is 11.8 Å². The molecule has 0 bridgehead atoms. The zero-order chi connectivity index (χ0) is 15.3. The lowest BCUT2D eigenvalue weighted by molar-refractivity contribution is -0.137. The Morgan fingerprint density at radius 1 is 1.00 bits per heavy atom. The van der Waals surface area contributed by atoms with Gasteiger partial charge in [-0.1, -0.05) is 30.3 Å². The monoisotopic (exact) mass is 292 g/mol. The van der Waals surface area contributed by atoms with Gasteiger partial charge in [0.25, 0.3) is 5.91 Å². The van der Waals surface area contributed by atoms with Gasteiger partial charge in [-0.05, 0) is 29.8 Å². The Morgan fingerprint density at radius 3 is 2.19 bits per heavy atom. The maximum Gasteiger partial charge on any atom is 0.416 e. The molecule has 0 heterocycles. The van der Waals surface area contributed by atoms with Crippen LogP contribution in [0.4, 0.5) is 13.2 Å². The molecule has 0 saturated carbocycles. The second-order valence-corrected chi connectivity index (χ2v) is 4.18.